The minimum atomic E-state index is -0.106. The van der Waals surface area contributed by atoms with Gasteiger partial charge in [-0.25, -0.2) is 0 Å². The monoisotopic (exact) mass is 486 g/mol. The zero-order chi connectivity index (χ0) is 24.5. The summed E-state index contributed by atoms with van der Waals surface area (Å²) < 4.78 is 12.1. The number of aromatic amines is 1. The molecule has 1 aromatic heterocycles. The van der Waals surface area contributed by atoms with E-state index >= 15 is 0 Å². The molecule has 3 aliphatic heterocycles. The van der Waals surface area contributed by atoms with E-state index < -0.39 is 0 Å². The van der Waals surface area contributed by atoms with Crippen molar-refractivity contribution in [2.24, 2.45) is 0 Å². The third kappa shape index (κ3) is 4.86. The van der Waals surface area contributed by atoms with Crippen LogP contribution in [0.3, 0.4) is 0 Å². The fraction of sp³-hybridized carbons (Fsp3) is 0.414. The van der Waals surface area contributed by atoms with Gasteiger partial charge in [-0.3, -0.25) is 4.79 Å². The molecule has 0 atom stereocenters. The first-order valence-corrected chi connectivity index (χ1v) is 13.1. The number of aryl methyl sites for hydroxylation is 2. The lowest BCUT2D eigenvalue weighted by atomic mass is 10.00. The summed E-state index contributed by atoms with van der Waals surface area (Å²) in [7, 11) is 2.19. The van der Waals surface area contributed by atoms with Crippen LogP contribution in [0.2, 0.25) is 0 Å². The zero-order valence-corrected chi connectivity index (χ0v) is 20.9. The Morgan fingerprint density at radius 3 is 2.58 bits per heavy atom. The normalized spacial score (nSPS) is 18.6. The Kier molecular flexibility index (Phi) is 6.42. The highest BCUT2D eigenvalue weighted by molar-refractivity contribution is 5.73. The summed E-state index contributed by atoms with van der Waals surface area (Å²) in [5.74, 6) is 1.73. The van der Waals surface area contributed by atoms with Crippen LogP contribution in [-0.4, -0.2) is 62.4 Å². The van der Waals surface area contributed by atoms with Crippen LogP contribution in [0, 0.1) is 0 Å². The molecule has 0 bridgehead atoms. The molecule has 3 aliphatic rings. The standard InChI is InChI=1S/C29H34N4O3/c1-32-11-9-22(10-12-32)30-23-7-8-27-21(17-23)6-5-20-3-2-4-25(29(20)36-27)26-18-24(19-28(34)31-26)33-13-15-35-16-14-33/h2-4,7-8,17-19,22,30H,5-6,9-16H2,1H3,(H,31,34). The molecule has 2 aromatic carbocycles. The van der Waals surface area contributed by atoms with Crippen molar-refractivity contribution >= 4 is 11.4 Å². The van der Waals surface area contributed by atoms with Crippen LogP contribution in [0.25, 0.3) is 11.3 Å². The minimum Gasteiger partial charge on any atom is -0.456 e. The van der Waals surface area contributed by atoms with Crippen molar-refractivity contribution in [3.05, 3.63) is 70.0 Å². The molecule has 0 saturated carbocycles. The molecule has 7 heteroatoms. The Labute approximate surface area is 212 Å². The Morgan fingerprint density at radius 2 is 1.75 bits per heavy atom. The van der Waals surface area contributed by atoms with E-state index in [0.29, 0.717) is 19.3 Å². The summed E-state index contributed by atoms with van der Waals surface area (Å²) in [5.41, 5.74) is 6.06. The van der Waals surface area contributed by atoms with Gasteiger partial charge in [0.15, 0.2) is 0 Å². The van der Waals surface area contributed by atoms with Gasteiger partial charge in [-0.15, -0.1) is 0 Å². The van der Waals surface area contributed by atoms with Crippen LogP contribution in [0.1, 0.15) is 24.0 Å². The van der Waals surface area contributed by atoms with Crippen LogP contribution in [0.4, 0.5) is 11.4 Å². The van der Waals surface area contributed by atoms with Crippen molar-refractivity contribution in [2.75, 3.05) is 56.7 Å². The van der Waals surface area contributed by atoms with Crippen molar-refractivity contribution in [3.8, 4) is 22.8 Å². The van der Waals surface area contributed by atoms with Gasteiger partial charge in [0.25, 0.3) is 0 Å². The molecular weight excluding hydrogens is 452 g/mol. The molecule has 0 aliphatic carbocycles. The molecule has 188 valence electrons. The van der Waals surface area contributed by atoms with Gasteiger partial charge >= 0.3 is 0 Å². The molecule has 3 aromatic rings. The van der Waals surface area contributed by atoms with E-state index in [4.69, 9.17) is 9.47 Å². The Hall–Kier alpha value is -3.29. The first-order chi connectivity index (χ1) is 17.6. The second-order valence-corrected chi connectivity index (χ2v) is 10.2. The van der Waals surface area contributed by atoms with Gasteiger partial charge in [-0.1, -0.05) is 12.1 Å². The van der Waals surface area contributed by atoms with Gasteiger partial charge in [0, 0.05) is 42.1 Å². The quantitative estimate of drug-likeness (QED) is 0.574. The topological polar surface area (TPSA) is 69.8 Å². The summed E-state index contributed by atoms with van der Waals surface area (Å²) in [6, 6.07) is 16.9. The number of fused-ring (bicyclic) bond motifs is 2. The molecule has 6 rings (SSSR count). The number of nitrogens with zero attached hydrogens (tertiary/aromatic N) is 2. The van der Waals surface area contributed by atoms with E-state index in [1.54, 1.807) is 6.07 Å². The summed E-state index contributed by atoms with van der Waals surface area (Å²) >= 11 is 0. The highest BCUT2D eigenvalue weighted by atomic mass is 16.5. The Bertz CT molecular complexity index is 1290. The van der Waals surface area contributed by atoms with E-state index in [0.717, 1.165) is 73.0 Å². The summed E-state index contributed by atoms with van der Waals surface area (Å²) in [5, 5.41) is 3.74. The fourth-order valence-electron chi connectivity index (χ4n) is 5.52. The Balaban J connectivity index is 1.29. The molecule has 2 fully saturated rings. The first kappa shape index (κ1) is 23.1. The summed E-state index contributed by atoms with van der Waals surface area (Å²) in [6.07, 6.45) is 4.14. The molecular formula is C29H34N4O3. The molecule has 2 N–H and O–H groups in total. The van der Waals surface area contributed by atoms with Gasteiger partial charge in [-0.2, -0.15) is 0 Å². The molecule has 0 amide bonds. The number of para-hydroxylation sites is 1. The molecule has 0 unspecified atom stereocenters. The third-order valence-corrected chi connectivity index (χ3v) is 7.62. The number of anilines is 2. The van der Waals surface area contributed by atoms with Crippen LogP contribution < -0.4 is 20.5 Å². The van der Waals surface area contributed by atoms with E-state index in [-0.39, 0.29) is 5.56 Å². The van der Waals surface area contributed by atoms with Gasteiger partial charge in [0.05, 0.1) is 18.9 Å². The van der Waals surface area contributed by atoms with Gasteiger partial charge in [0.2, 0.25) is 5.56 Å². The van der Waals surface area contributed by atoms with Gasteiger partial charge in [0.1, 0.15) is 11.5 Å². The molecule has 0 radical (unpaired) electrons. The number of aromatic nitrogens is 1. The van der Waals surface area contributed by atoms with Gasteiger partial charge in [-0.05, 0) is 87.3 Å². The van der Waals surface area contributed by atoms with E-state index in [2.05, 4.69) is 63.5 Å². The minimum absolute atomic E-state index is 0.106. The van der Waals surface area contributed by atoms with E-state index in [9.17, 15) is 4.79 Å². The number of morpholine rings is 1. The number of piperidine rings is 1. The number of hydrogen-bond acceptors (Lipinski definition) is 6. The van der Waals surface area contributed by atoms with Crippen molar-refractivity contribution in [1.29, 1.82) is 0 Å². The van der Waals surface area contributed by atoms with Crippen LogP contribution in [0.5, 0.6) is 11.5 Å². The van der Waals surface area contributed by atoms with Crippen molar-refractivity contribution in [1.82, 2.24) is 9.88 Å². The number of pyridine rings is 1. The summed E-state index contributed by atoms with van der Waals surface area (Å²) in [4.78, 5) is 20.3. The maximum atomic E-state index is 12.6. The average Bonchev–Trinajstić information content (AvgIpc) is 3.09. The van der Waals surface area contributed by atoms with Crippen molar-refractivity contribution in [2.45, 2.75) is 31.7 Å². The second-order valence-electron chi connectivity index (χ2n) is 10.2. The number of rotatable bonds is 4. The lowest BCUT2D eigenvalue weighted by Gasteiger charge is -2.30. The van der Waals surface area contributed by atoms with Crippen LogP contribution in [-0.2, 0) is 17.6 Å². The van der Waals surface area contributed by atoms with Crippen LogP contribution >= 0.6 is 0 Å². The largest absolute Gasteiger partial charge is 0.456 e. The van der Waals surface area contributed by atoms with Crippen molar-refractivity contribution in [3.63, 3.8) is 0 Å². The smallest absolute Gasteiger partial charge is 0.250 e. The van der Waals surface area contributed by atoms with Crippen molar-refractivity contribution < 1.29 is 9.47 Å². The molecule has 36 heavy (non-hydrogen) atoms. The average molecular weight is 487 g/mol. The maximum absolute atomic E-state index is 12.6. The van der Waals surface area contributed by atoms with Gasteiger partial charge < -0.3 is 29.6 Å². The lowest BCUT2D eigenvalue weighted by Crippen LogP contribution is -2.36. The maximum Gasteiger partial charge on any atom is 0.250 e. The van der Waals surface area contributed by atoms with E-state index in [1.165, 1.54) is 24.1 Å². The van der Waals surface area contributed by atoms with E-state index in [1.807, 2.05) is 6.07 Å². The lowest BCUT2D eigenvalue weighted by molar-refractivity contribution is 0.122. The Morgan fingerprint density at radius 1 is 0.944 bits per heavy atom. The zero-order valence-electron chi connectivity index (χ0n) is 20.9. The highest BCUT2D eigenvalue weighted by Gasteiger charge is 2.22. The number of nitrogens with one attached hydrogen (secondary N) is 2. The second kappa shape index (κ2) is 9.99. The van der Waals surface area contributed by atoms with Crippen LogP contribution in [0.15, 0.2) is 53.3 Å². The predicted molar refractivity (Wildman–Crippen MR) is 144 cm³/mol. The number of hydrogen-bond donors (Lipinski definition) is 2. The molecule has 2 saturated heterocycles. The molecule has 7 nitrogen and oxygen atoms in total. The SMILES string of the molecule is CN1CCC(Nc2ccc3c(c2)CCc2cccc(-c4cc(N5CCOCC5)cc(=O)[nH]4)c2O3)CC1. The summed E-state index contributed by atoms with van der Waals surface area (Å²) in [6.45, 7) is 5.20. The number of ether oxygens (including phenoxy) is 2. The number of benzene rings is 2. The fourth-order valence-corrected chi connectivity index (χ4v) is 5.52. The predicted octanol–water partition coefficient (Wildman–Crippen LogP) is 4.28. The number of likely N-dealkylation sites (tertiary alicyclic amines) is 1. The number of H-pyrrole nitrogens is 1. The highest BCUT2D eigenvalue weighted by Crippen LogP contribution is 2.41. The molecule has 0 spiro atoms. The third-order valence-electron chi connectivity index (χ3n) is 7.62. The first-order valence-electron chi connectivity index (χ1n) is 13.1. The molecule has 4 heterocycles.